The van der Waals surface area contributed by atoms with E-state index in [4.69, 9.17) is 17.5 Å². The zero-order chi connectivity index (χ0) is 8.91. The van der Waals surface area contributed by atoms with Crippen LogP contribution in [0.3, 0.4) is 0 Å². The van der Waals surface area contributed by atoms with Crippen LogP contribution in [0.4, 0.5) is 0 Å². The highest BCUT2D eigenvalue weighted by Crippen LogP contribution is 1.89. The summed E-state index contributed by atoms with van der Waals surface area (Å²) in [7, 11) is -4.67. The summed E-state index contributed by atoms with van der Waals surface area (Å²) in [6, 6.07) is 0. The molecule has 0 unspecified atom stereocenters. The van der Waals surface area contributed by atoms with Crippen LogP contribution in [0, 0.1) is 0 Å². The van der Waals surface area contributed by atoms with Gasteiger partial charge < -0.3 is 4.74 Å². The summed E-state index contributed by atoms with van der Waals surface area (Å²) >= 11 is 0. The van der Waals surface area contributed by atoms with Gasteiger partial charge in [-0.15, -0.1) is 0 Å². The van der Waals surface area contributed by atoms with Gasteiger partial charge in [0.2, 0.25) is 0 Å². The first-order chi connectivity index (χ1) is 4.89. The van der Waals surface area contributed by atoms with Crippen LogP contribution in [-0.2, 0) is 19.9 Å². The van der Waals surface area contributed by atoms with Crippen molar-refractivity contribution in [2.75, 3.05) is 6.61 Å². The van der Waals surface area contributed by atoms with Gasteiger partial charge in [-0.2, -0.15) is 8.42 Å². The highest BCUT2D eigenvalue weighted by molar-refractivity contribution is 7.79. The molecule has 0 aromatic heterocycles. The van der Waals surface area contributed by atoms with Gasteiger partial charge >= 0.3 is 16.4 Å². The Balaban J connectivity index is 0.000000187. The quantitative estimate of drug-likeness (QED) is 0.385. The normalized spacial score (nSPS) is 15.3. The largest absolute Gasteiger partial charge is 0.458 e. The first kappa shape index (κ1) is 10.1. The zero-order valence-corrected chi connectivity index (χ0v) is 6.11. The van der Waals surface area contributed by atoms with Gasteiger partial charge in [0.15, 0.2) is 0 Å². The monoisotopic (exact) mass is 182 g/mol. The van der Waals surface area contributed by atoms with E-state index in [1.165, 1.54) is 6.08 Å². The molecule has 1 heterocycles. The summed E-state index contributed by atoms with van der Waals surface area (Å²) in [4.78, 5) is 9.93. The van der Waals surface area contributed by atoms with Gasteiger partial charge in [0.25, 0.3) is 0 Å². The number of carbonyl (C=O) groups is 1. The minimum absolute atomic E-state index is 0.227. The van der Waals surface area contributed by atoms with Crippen LogP contribution in [0.1, 0.15) is 0 Å². The standard InChI is InChI=1S/C4H4O2.H2O4S/c5-4-2-1-3-6-4;1-5(2,3)4/h1-2H,3H2;(H2,1,2,3,4). The van der Waals surface area contributed by atoms with Crippen LogP contribution >= 0.6 is 0 Å². The van der Waals surface area contributed by atoms with Gasteiger partial charge in [0.05, 0.1) is 0 Å². The van der Waals surface area contributed by atoms with E-state index in [9.17, 15) is 4.79 Å². The number of hydrogen-bond donors (Lipinski definition) is 2. The molecule has 6 nitrogen and oxygen atoms in total. The van der Waals surface area contributed by atoms with Crippen LogP contribution in [0.15, 0.2) is 12.2 Å². The third-order valence-electron chi connectivity index (χ3n) is 0.576. The van der Waals surface area contributed by atoms with Crippen LogP contribution in [0.2, 0.25) is 0 Å². The molecule has 0 fully saturated rings. The Hall–Kier alpha value is -0.920. The van der Waals surface area contributed by atoms with Crippen molar-refractivity contribution in [3.05, 3.63) is 12.2 Å². The minimum atomic E-state index is -4.67. The highest BCUT2D eigenvalue weighted by Gasteiger charge is 1.98. The Labute approximate surface area is 63.1 Å². The van der Waals surface area contributed by atoms with E-state index in [2.05, 4.69) is 4.74 Å². The summed E-state index contributed by atoms with van der Waals surface area (Å²) in [5.41, 5.74) is 0. The van der Waals surface area contributed by atoms with E-state index >= 15 is 0 Å². The third-order valence-corrected chi connectivity index (χ3v) is 0.576. The second-order valence-electron chi connectivity index (χ2n) is 1.48. The maximum Gasteiger partial charge on any atom is 0.394 e. The van der Waals surface area contributed by atoms with Crippen molar-refractivity contribution in [3.8, 4) is 0 Å². The molecule has 0 aromatic rings. The molecule has 0 atom stereocenters. The lowest BCUT2D eigenvalue weighted by molar-refractivity contribution is -0.134. The van der Waals surface area contributed by atoms with Gasteiger partial charge in [-0.1, -0.05) is 0 Å². The molecule has 7 heteroatoms. The lowest BCUT2D eigenvalue weighted by atomic mass is 10.6. The summed E-state index contributed by atoms with van der Waals surface area (Å²) in [5.74, 6) is -0.227. The average Bonchev–Trinajstić information content (AvgIpc) is 2.12. The molecule has 0 saturated heterocycles. The van der Waals surface area contributed by atoms with E-state index in [-0.39, 0.29) is 5.97 Å². The maximum absolute atomic E-state index is 9.93. The van der Waals surface area contributed by atoms with Crippen molar-refractivity contribution in [2.24, 2.45) is 0 Å². The molecule has 0 bridgehead atoms. The minimum Gasteiger partial charge on any atom is -0.458 e. The molecule has 0 amide bonds. The SMILES string of the molecule is O=C1C=CCO1.O=S(=O)(O)O. The molecular weight excluding hydrogens is 176 g/mol. The fourth-order valence-corrected chi connectivity index (χ4v) is 0.323. The molecule has 0 aromatic carbocycles. The summed E-state index contributed by atoms with van der Waals surface area (Å²) in [6.07, 6.45) is 3.10. The molecule has 0 aliphatic carbocycles. The van der Waals surface area contributed by atoms with Crippen molar-refractivity contribution in [1.82, 2.24) is 0 Å². The van der Waals surface area contributed by atoms with Crippen molar-refractivity contribution < 1.29 is 27.1 Å². The Morgan fingerprint density at radius 2 is 1.91 bits per heavy atom. The smallest absolute Gasteiger partial charge is 0.394 e. The number of cyclic esters (lactones) is 1. The molecule has 1 aliphatic rings. The van der Waals surface area contributed by atoms with Gasteiger partial charge in [-0.05, 0) is 6.08 Å². The van der Waals surface area contributed by atoms with Gasteiger partial charge in [-0.25, -0.2) is 4.79 Å². The lowest BCUT2D eigenvalue weighted by Crippen LogP contribution is -1.89. The van der Waals surface area contributed by atoms with Crippen LogP contribution in [0.25, 0.3) is 0 Å². The average molecular weight is 182 g/mol. The Morgan fingerprint density at radius 1 is 1.45 bits per heavy atom. The van der Waals surface area contributed by atoms with E-state index in [1.54, 1.807) is 6.08 Å². The number of esters is 1. The first-order valence-electron chi connectivity index (χ1n) is 2.43. The van der Waals surface area contributed by atoms with E-state index < -0.39 is 10.4 Å². The van der Waals surface area contributed by atoms with Crippen molar-refractivity contribution in [2.45, 2.75) is 0 Å². The molecular formula is C4H6O6S. The van der Waals surface area contributed by atoms with E-state index in [1.807, 2.05) is 0 Å². The lowest BCUT2D eigenvalue weighted by Gasteiger charge is -1.81. The Bertz CT molecular complexity index is 242. The second-order valence-corrected chi connectivity index (χ2v) is 2.38. The van der Waals surface area contributed by atoms with Gasteiger partial charge in [0.1, 0.15) is 6.61 Å². The highest BCUT2D eigenvalue weighted by atomic mass is 32.3. The van der Waals surface area contributed by atoms with Crippen LogP contribution in [-0.4, -0.2) is 30.1 Å². The second kappa shape index (κ2) is 4.06. The van der Waals surface area contributed by atoms with E-state index in [0.717, 1.165) is 0 Å². The van der Waals surface area contributed by atoms with Crippen molar-refractivity contribution in [3.63, 3.8) is 0 Å². The fraction of sp³-hybridized carbons (Fsp3) is 0.250. The fourth-order valence-electron chi connectivity index (χ4n) is 0.323. The Kier molecular flexibility index (Phi) is 3.72. The topological polar surface area (TPSA) is 101 Å². The van der Waals surface area contributed by atoms with Crippen LogP contribution in [0.5, 0.6) is 0 Å². The summed E-state index contributed by atoms with van der Waals surface area (Å²) in [6.45, 7) is 0.457. The van der Waals surface area contributed by atoms with Crippen molar-refractivity contribution in [1.29, 1.82) is 0 Å². The maximum atomic E-state index is 9.93. The summed E-state index contributed by atoms with van der Waals surface area (Å²) < 4.78 is 36.0. The number of ether oxygens (including phenoxy) is 1. The van der Waals surface area contributed by atoms with E-state index in [0.29, 0.717) is 6.61 Å². The summed E-state index contributed by atoms with van der Waals surface area (Å²) in [5, 5.41) is 0. The third kappa shape index (κ3) is 12.3. The zero-order valence-electron chi connectivity index (χ0n) is 5.30. The molecule has 0 spiro atoms. The Morgan fingerprint density at radius 3 is 2.00 bits per heavy atom. The predicted octanol–water partition coefficient (Wildman–Crippen LogP) is -0.553. The molecule has 0 radical (unpaired) electrons. The van der Waals surface area contributed by atoms with Crippen molar-refractivity contribution >= 4 is 16.4 Å². The number of carbonyl (C=O) groups excluding carboxylic acids is 1. The number of rotatable bonds is 0. The molecule has 11 heavy (non-hydrogen) atoms. The van der Waals surface area contributed by atoms with Gasteiger partial charge in [0, 0.05) is 6.08 Å². The molecule has 1 rings (SSSR count). The molecule has 2 N–H and O–H groups in total. The van der Waals surface area contributed by atoms with Crippen LogP contribution < -0.4 is 0 Å². The molecule has 64 valence electrons. The molecule has 1 aliphatic heterocycles. The number of hydrogen-bond acceptors (Lipinski definition) is 4. The first-order valence-corrected chi connectivity index (χ1v) is 3.82. The predicted molar refractivity (Wildman–Crippen MR) is 34.3 cm³/mol. The molecule has 0 saturated carbocycles. The van der Waals surface area contributed by atoms with Gasteiger partial charge in [-0.3, -0.25) is 9.11 Å².